The fraction of sp³-hybridized carbons (Fsp3) is 0.273. The Morgan fingerprint density at radius 2 is 2.09 bits per heavy atom. The smallest absolute Gasteiger partial charge is 0.255 e. The maximum absolute atomic E-state index is 14.2. The number of carbonyl (C=O) groups excluding carboxylic acids is 1. The van der Waals surface area contributed by atoms with Gasteiger partial charge in [0.1, 0.15) is 6.10 Å². The van der Waals surface area contributed by atoms with Gasteiger partial charge >= 0.3 is 0 Å². The lowest BCUT2D eigenvalue weighted by atomic mass is 10.1. The van der Waals surface area contributed by atoms with Crippen LogP contribution in [-0.4, -0.2) is 46.7 Å². The van der Waals surface area contributed by atoms with Crippen LogP contribution in [-0.2, 0) is 16.6 Å². The Bertz CT molecular complexity index is 1180. The van der Waals surface area contributed by atoms with Gasteiger partial charge in [0.2, 0.25) is 11.9 Å². The van der Waals surface area contributed by atoms with Crippen molar-refractivity contribution < 1.29 is 13.9 Å². The second kappa shape index (κ2) is 9.15. The molecule has 3 N–H and O–H groups in total. The SMILES string of the molecule is Cn1c(N2CCO[C@@H](c3ccc(NCC(N)=O)cc3)C2)nc(-c2ccncc2F)cc1=O. The number of morpholine rings is 1. The second-order valence-electron chi connectivity index (χ2n) is 7.44. The summed E-state index contributed by atoms with van der Waals surface area (Å²) in [4.78, 5) is 33.8. The Kier molecular flexibility index (Phi) is 6.13. The third-order valence-corrected chi connectivity index (χ3v) is 5.26. The average Bonchev–Trinajstić information content (AvgIpc) is 2.80. The van der Waals surface area contributed by atoms with Gasteiger partial charge in [0.25, 0.3) is 5.56 Å². The van der Waals surface area contributed by atoms with Crippen molar-refractivity contribution >= 4 is 17.5 Å². The highest BCUT2D eigenvalue weighted by Crippen LogP contribution is 2.27. The third kappa shape index (κ3) is 4.59. The first-order valence-corrected chi connectivity index (χ1v) is 10.1. The molecular formula is C22H23FN6O3. The molecule has 1 atom stereocenters. The molecule has 9 nitrogen and oxygen atoms in total. The van der Waals surface area contributed by atoms with Crippen molar-refractivity contribution in [3.8, 4) is 11.3 Å². The van der Waals surface area contributed by atoms with E-state index in [-0.39, 0.29) is 29.5 Å². The highest BCUT2D eigenvalue weighted by Gasteiger charge is 2.25. The Morgan fingerprint density at radius 3 is 2.81 bits per heavy atom. The van der Waals surface area contributed by atoms with Crippen LogP contribution in [0.3, 0.4) is 0 Å². The number of rotatable bonds is 6. The molecule has 1 saturated heterocycles. The van der Waals surface area contributed by atoms with E-state index >= 15 is 0 Å². The molecule has 0 spiro atoms. The van der Waals surface area contributed by atoms with Gasteiger partial charge in [-0.2, -0.15) is 0 Å². The van der Waals surface area contributed by atoms with Gasteiger partial charge in [0.05, 0.1) is 31.6 Å². The minimum Gasteiger partial charge on any atom is -0.376 e. The average molecular weight is 438 g/mol. The minimum absolute atomic E-state index is 0.0567. The van der Waals surface area contributed by atoms with Gasteiger partial charge in [-0.05, 0) is 23.8 Å². The van der Waals surface area contributed by atoms with Crippen molar-refractivity contribution in [3.63, 3.8) is 0 Å². The van der Waals surface area contributed by atoms with Gasteiger partial charge in [0, 0.05) is 37.1 Å². The number of nitrogens with one attached hydrogen (secondary N) is 1. The summed E-state index contributed by atoms with van der Waals surface area (Å²) in [6, 6.07) is 10.3. The number of anilines is 2. The Morgan fingerprint density at radius 1 is 1.31 bits per heavy atom. The molecular weight excluding hydrogens is 415 g/mol. The van der Waals surface area contributed by atoms with Gasteiger partial charge in [0.15, 0.2) is 5.82 Å². The number of nitrogens with zero attached hydrogens (tertiary/aromatic N) is 4. The van der Waals surface area contributed by atoms with Crippen LogP contribution in [0.5, 0.6) is 0 Å². The summed E-state index contributed by atoms with van der Waals surface area (Å²) in [5.74, 6) is -0.534. The molecule has 0 saturated carbocycles. The number of primary amides is 1. The fourth-order valence-electron chi connectivity index (χ4n) is 3.57. The van der Waals surface area contributed by atoms with Crippen LogP contribution in [0.1, 0.15) is 11.7 Å². The van der Waals surface area contributed by atoms with Gasteiger partial charge in [-0.3, -0.25) is 19.1 Å². The van der Waals surface area contributed by atoms with E-state index in [0.717, 1.165) is 17.4 Å². The first-order valence-electron chi connectivity index (χ1n) is 10.1. The molecule has 0 radical (unpaired) electrons. The van der Waals surface area contributed by atoms with E-state index in [4.69, 9.17) is 10.5 Å². The molecule has 2 aromatic heterocycles. The number of halogens is 1. The van der Waals surface area contributed by atoms with Gasteiger partial charge in [-0.1, -0.05) is 12.1 Å². The van der Waals surface area contributed by atoms with Crippen molar-refractivity contribution in [2.45, 2.75) is 6.10 Å². The predicted octanol–water partition coefficient (Wildman–Crippen LogP) is 1.46. The van der Waals surface area contributed by atoms with E-state index < -0.39 is 11.7 Å². The number of ether oxygens (including phenoxy) is 1. The number of hydrogen-bond donors (Lipinski definition) is 2. The van der Waals surface area contributed by atoms with Gasteiger partial charge in [-0.15, -0.1) is 0 Å². The molecule has 1 aliphatic rings. The number of pyridine rings is 1. The van der Waals surface area contributed by atoms with E-state index in [2.05, 4.69) is 15.3 Å². The van der Waals surface area contributed by atoms with E-state index in [0.29, 0.717) is 25.6 Å². The zero-order chi connectivity index (χ0) is 22.7. The summed E-state index contributed by atoms with van der Waals surface area (Å²) in [6.45, 7) is 1.51. The maximum Gasteiger partial charge on any atom is 0.255 e. The number of benzene rings is 1. The van der Waals surface area contributed by atoms with Crippen molar-refractivity contribution in [2.24, 2.45) is 12.8 Å². The van der Waals surface area contributed by atoms with Crippen LogP contribution < -0.4 is 21.5 Å². The summed E-state index contributed by atoms with van der Waals surface area (Å²) in [7, 11) is 1.64. The topological polar surface area (TPSA) is 115 Å². The number of aromatic nitrogens is 3. The fourth-order valence-corrected chi connectivity index (χ4v) is 3.57. The predicted molar refractivity (Wildman–Crippen MR) is 118 cm³/mol. The van der Waals surface area contributed by atoms with Crippen LogP contribution in [0, 0.1) is 5.82 Å². The first-order chi connectivity index (χ1) is 15.4. The van der Waals surface area contributed by atoms with Crippen molar-refractivity contribution in [1.29, 1.82) is 0 Å². The minimum atomic E-state index is -0.538. The third-order valence-electron chi connectivity index (χ3n) is 5.26. The molecule has 10 heteroatoms. The highest BCUT2D eigenvalue weighted by molar-refractivity contribution is 5.78. The molecule has 1 aromatic carbocycles. The Labute approximate surface area is 183 Å². The Balaban J connectivity index is 1.57. The monoisotopic (exact) mass is 438 g/mol. The van der Waals surface area contributed by atoms with Crippen LogP contribution in [0.25, 0.3) is 11.3 Å². The lowest BCUT2D eigenvalue weighted by molar-refractivity contribution is -0.116. The zero-order valence-corrected chi connectivity index (χ0v) is 17.5. The first kappa shape index (κ1) is 21.4. The van der Waals surface area contributed by atoms with Gasteiger partial charge in [-0.25, -0.2) is 9.37 Å². The normalized spacial score (nSPS) is 16.1. The molecule has 1 aliphatic heterocycles. The van der Waals surface area contributed by atoms with E-state index in [1.807, 2.05) is 29.2 Å². The maximum atomic E-state index is 14.2. The molecule has 166 valence electrons. The zero-order valence-electron chi connectivity index (χ0n) is 17.5. The van der Waals surface area contributed by atoms with Crippen molar-refractivity contribution in [2.75, 3.05) is 36.5 Å². The molecule has 1 amide bonds. The molecule has 0 unspecified atom stereocenters. The van der Waals surface area contributed by atoms with E-state index in [9.17, 15) is 14.0 Å². The van der Waals surface area contributed by atoms with Crippen molar-refractivity contribution in [1.82, 2.24) is 14.5 Å². The van der Waals surface area contributed by atoms with Crippen LogP contribution >= 0.6 is 0 Å². The quantitative estimate of drug-likeness (QED) is 0.599. The molecule has 32 heavy (non-hydrogen) atoms. The second-order valence-corrected chi connectivity index (χ2v) is 7.44. The van der Waals surface area contributed by atoms with E-state index in [1.54, 1.807) is 7.05 Å². The summed E-state index contributed by atoms with van der Waals surface area (Å²) < 4.78 is 21.6. The molecule has 0 bridgehead atoms. The summed E-state index contributed by atoms with van der Waals surface area (Å²) in [6.07, 6.45) is 2.32. The van der Waals surface area contributed by atoms with Crippen LogP contribution in [0.2, 0.25) is 0 Å². The highest BCUT2D eigenvalue weighted by atomic mass is 19.1. The summed E-state index contributed by atoms with van der Waals surface area (Å²) in [5, 5.41) is 2.94. The largest absolute Gasteiger partial charge is 0.376 e. The van der Waals surface area contributed by atoms with Crippen molar-refractivity contribution in [3.05, 3.63) is 70.5 Å². The lowest BCUT2D eigenvalue weighted by Gasteiger charge is -2.34. The standard InChI is InChI=1S/C22H23FN6O3/c1-28-21(31)10-18(16-6-7-25-11-17(16)23)27-22(28)29-8-9-32-19(13-29)14-2-4-15(5-3-14)26-12-20(24)30/h2-7,10-11,19,26H,8-9,12-13H2,1H3,(H2,24,30)/t19-/m1/s1. The number of nitrogens with two attached hydrogens (primary N) is 1. The van der Waals surface area contributed by atoms with Gasteiger partial charge < -0.3 is 20.7 Å². The number of carbonyl (C=O) groups is 1. The molecule has 1 fully saturated rings. The van der Waals surface area contributed by atoms with E-state index in [1.165, 1.54) is 22.9 Å². The lowest BCUT2D eigenvalue weighted by Crippen LogP contribution is -2.41. The number of amides is 1. The number of hydrogen-bond acceptors (Lipinski definition) is 7. The van der Waals surface area contributed by atoms with Crippen LogP contribution in [0.4, 0.5) is 16.0 Å². The summed E-state index contributed by atoms with van der Waals surface area (Å²) in [5.41, 5.74) is 7.08. The summed E-state index contributed by atoms with van der Waals surface area (Å²) >= 11 is 0. The Hall–Kier alpha value is -3.79. The molecule has 4 rings (SSSR count). The molecule has 3 aromatic rings. The molecule has 3 heterocycles. The van der Waals surface area contributed by atoms with Crippen LogP contribution in [0.15, 0.2) is 53.6 Å². The molecule has 0 aliphatic carbocycles.